The van der Waals surface area contributed by atoms with Gasteiger partial charge in [-0.15, -0.1) is 5.10 Å². The summed E-state index contributed by atoms with van der Waals surface area (Å²) < 4.78 is 1.55. The van der Waals surface area contributed by atoms with Gasteiger partial charge in [0.2, 0.25) is 0 Å². The van der Waals surface area contributed by atoms with E-state index in [9.17, 15) is 9.59 Å². The van der Waals surface area contributed by atoms with Crippen molar-refractivity contribution < 1.29 is 9.59 Å². The van der Waals surface area contributed by atoms with Gasteiger partial charge in [0, 0.05) is 32.4 Å². The number of carbonyl (C=O) groups excluding carboxylic acids is 2. The summed E-state index contributed by atoms with van der Waals surface area (Å²) in [6, 6.07) is 8.37. The van der Waals surface area contributed by atoms with Crippen molar-refractivity contribution in [2.45, 2.75) is 52.2 Å². The molecule has 1 saturated heterocycles. The Balaban J connectivity index is 1.44. The number of piperidine rings is 1. The summed E-state index contributed by atoms with van der Waals surface area (Å²) in [6.45, 7) is 7.28. The molecule has 3 heterocycles. The smallest absolute Gasteiger partial charge is 0.276 e. The van der Waals surface area contributed by atoms with Crippen LogP contribution in [-0.2, 0) is 13.1 Å². The fourth-order valence-electron chi connectivity index (χ4n) is 4.15. The minimum atomic E-state index is -0.297. The van der Waals surface area contributed by atoms with Crippen molar-refractivity contribution in [3.63, 3.8) is 0 Å². The van der Waals surface area contributed by atoms with Gasteiger partial charge in [0.1, 0.15) is 0 Å². The molecule has 4 rings (SSSR count). The molecule has 0 spiro atoms. The number of hydrogen-bond donors (Lipinski definition) is 1. The fourth-order valence-corrected chi connectivity index (χ4v) is 4.15. The number of carbonyl (C=O) groups is 2. The van der Waals surface area contributed by atoms with E-state index in [1.165, 1.54) is 24.9 Å². The Hall–Kier alpha value is -2.90. The van der Waals surface area contributed by atoms with Crippen LogP contribution in [0.25, 0.3) is 0 Å². The van der Waals surface area contributed by atoms with Crippen LogP contribution in [0.3, 0.4) is 0 Å². The number of aromatic nitrogens is 3. The van der Waals surface area contributed by atoms with Crippen molar-refractivity contribution in [3.8, 4) is 0 Å². The lowest BCUT2D eigenvalue weighted by Crippen LogP contribution is -2.48. The highest BCUT2D eigenvalue weighted by Gasteiger charge is 2.34. The van der Waals surface area contributed by atoms with Gasteiger partial charge in [-0.05, 0) is 42.9 Å². The highest BCUT2D eigenvalue weighted by Crippen LogP contribution is 2.21. The first-order valence-electron chi connectivity index (χ1n) is 10.8. The number of amides is 2. The Morgan fingerprint density at radius 3 is 2.57 bits per heavy atom. The third-order valence-corrected chi connectivity index (χ3v) is 6.07. The van der Waals surface area contributed by atoms with E-state index in [4.69, 9.17) is 0 Å². The van der Waals surface area contributed by atoms with Crippen LogP contribution in [-0.4, -0.2) is 57.9 Å². The summed E-state index contributed by atoms with van der Waals surface area (Å²) in [4.78, 5) is 29.5. The second-order valence-electron chi connectivity index (χ2n) is 8.67. The molecule has 1 N–H and O–H groups in total. The maximum atomic E-state index is 13.0. The minimum Gasteiger partial charge on any atom is -0.372 e. The highest BCUT2D eigenvalue weighted by atomic mass is 16.2. The van der Waals surface area contributed by atoms with E-state index < -0.39 is 0 Å². The quantitative estimate of drug-likeness (QED) is 0.818. The van der Waals surface area contributed by atoms with Gasteiger partial charge in [-0.1, -0.05) is 31.2 Å². The Labute approximate surface area is 177 Å². The first-order valence-corrected chi connectivity index (χ1v) is 10.8. The molecule has 160 valence electrons. The van der Waals surface area contributed by atoms with Crippen molar-refractivity contribution in [2.24, 2.45) is 5.92 Å². The summed E-state index contributed by atoms with van der Waals surface area (Å²) in [5.74, 6) is -0.303. The number of hydrogen-bond acceptors (Lipinski definition) is 5. The largest absolute Gasteiger partial charge is 0.372 e. The molecule has 0 unspecified atom stereocenters. The molecule has 8 nitrogen and oxygen atoms in total. The zero-order chi connectivity index (χ0) is 21.3. The van der Waals surface area contributed by atoms with Gasteiger partial charge in [0.25, 0.3) is 11.8 Å². The van der Waals surface area contributed by atoms with Crippen LogP contribution < -0.4 is 10.2 Å². The molecule has 1 aromatic heterocycles. The molecular weight excluding hydrogens is 380 g/mol. The average Bonchev–Trinajstić information content (AvgIpc) is 3.19. The summed E-state index contributed by atoms with van der Waals surface area (Å²) in [5.41, 5.74) is 2.64. The Morgan fingerprint density at radius 2 is 1.90 bits per heavy atom. The van der Waals surface area contributed by atoms with Gasteiger partial charge in [-0.2, -0.15) is 0 Å². The normalized spacial score (nSPS) is 18.9. The van der Waals surface area contributed by atoms with E-state index in [2.05, 4.69) is 44.8 Å². The molecule has 2 aliphatic rings. The molecule has 1 atom stereocenters. The van der Waals surface area contributed by atoms with Crippen molar-refractivity contribution in [2.75, 3.05) is 25.0 Å². The van der Waals surface area contributed by atoms with Gasteiger partial charge >= 0.3 is 0 Å². The number of fused-ring (bicyclic) bond motifs is 1. The highest BCUT2D eigenvalue weighted by molar-refractivity contribution is 6.05. The molecule has 0 bridgehead atoms. The topological polar surface area (TPSA) is 83.4 Å². The SMILES string of the molecule is CC(C)[C@H]1Cn2nnc(C(=O)N(C)Cc3ccc(N4CCCCC4)cc3)c2C(=O)N1. The van der Waals surface area contributed by atoms with Crippen molar-refractivity contribution in [1.82, 2.24) is 25.2 Å². The van der Waals surface area contributed by atoms with Gasteiger partial charge in [-0.25, -0.2) is 4.68 Å². The maximum Gasteiger partial charge on any atom is 0.276 e. The molecular formula is C22H30N6O2. The third-order valence-electron chi connectivity index (χ3n) is 6.07. The van der Waals surface area contributed by atoms with Crippen molar-refractivity contribution >= 4 is 17.5 Å². The molecule has 2 aliphatic heterocycles. The van der Waals surface area contributed by atoms with Gasteiger partial charge in [0.05, 0.1) is 12.6 Å². The van der Waals surface area contributed by atoms with E-state index in [-0.39, 0.29) is 35.2 Å². The molecule has 0 radical (unpaired) electrons. The first kappa shape index (κ1) is 20.4. The van der Waals surface area contributed by atoms with Crippen LogP contribution in [0, 0.1) is 5.92 Å². The van der Waals surface area contributed by atoms with Crippen LogP contribution in [0.2, 0.25) is 0 Å². The second-order valence-corrected chi connectivity index (χ2v) is 8.67. The summed E-state index contributed by atoms with van der Waals surface area (Å²) in [7, 11) is 1.73. The molecule has 1 aromatic carbocycles. The summed E-state index contributed by atoms with van der Waals surface area (Å²) in [6.07, 6.45) is 3.80. The standard InChI is InChI=1S/C22H30N6O2/c1-15(2)18-14-28-20(21(29)23-18)19(24-25-28)22(30)26(3)13-16-7-9-17(10-8-16)27-11-5-4-6-12-27/h7-10,15,18H,4-6,11-14H2,1-3H3,(H,23,29)/t18-/m1/s1. The number of rotatable bonds is 5. The van der Waals surface area contributed by atoms with Crippen molar-refractivity contribution in [3.05, 3.63) is 41.2 Å². The van der Waals surface area contributed by atoms with Crippen LogP contribution in [0.15, 0.2) is 24.3 Å². The average molecular weight is 411 g/mol. The van der Waals surface area contributed by atoms with E-state index in [1.54, 1.807) is 16.6 Å². The molecule has 2 aromatic rings. The number of nitrogens with zero attached hydrogens (tertiary/aromatic N) is 5. The molecule has 8 heteroatoms. The maximum absolute atomic E-state index is 13.0. The van der Waals surface area contributed by atoms with Crippen LogP contribution in [0.5, 0.6) is 0 Å². The summed E-state index contributed by atoms with van der Waals surface area (Å²) in [5, 5.41) is 11.1. The van der Waals surface area contributed by atoms with E-state index in [1.807, 2.05) is 13.8 Å². The lowest BCUT2D eigenvalue weighted by Gasteiger charge is -2.29. The zero-order valence-corrected chi connectivity index (χ0v) is 18.0. The van der Waals surface area contributed by atoms with E-state index >= 15 is 0 Å². The molecule has 1 fully saturated rings. The summed E-state index contributed by atoms with van der Waals surface area (Å²) >= 11 is 0. The lowest BCUT2D eigenvalue weighted by molar-refractivity contribution is 0.0765. The minimum absolute atomic E-state index is 0.00852. The van der Waals surface area contributed by atoms with Gasteiger partial charge in [0.15, 0.2) is 11.4 Å². The number of benzene rings is 1. The number of nitrogens with one attached hydrogen (secondary N) is 1. The van der Waals surface area contributed by atoms with Crippen LogP contribution >= 0.6 is 0 Å². The number of anilines is 1. The van der Waals surface area contributed by atoms with E-state index in [0.29, 0.717) is 13.1 Å². The molecule has 30 heavy (non-hydrogen) atoms. The lowest BCUT2D eigenvalue weighted by atomic mass is 10.0. The predicted molar refractivity (Wildman–Crippen MR) is 114 cm³/mol. The monoisotopic (exact) mass is 410 g/mol. The second kappa shape index (κ2) is 8.45. The van der Waals surface area contributed by atoms with Gasteiger partial charge < -0.3 is 15.1 Å². The molecule has 0 aliphatic carbocycles. The van der Waals surface area contributed by atoms with Crippen LogP contribution in [0.1, 0.15) is 59.7 Å². The Kier molecular flexibility index (Phi) is 5.74. The van der Waals surface area contributed by atoms with Gasteiger partial charge in [-0.3, -0.25) is 9.59 Å². The third kappa shape index (κ3) is 4.04. The van der Waals surface area contributed by atoms with E-state index in [0.717, 1.165) is 18.7 Å². The Bertz CT molecular complexity index is 914. The first-order chi connectivity index (χ1) is 14.4. The Morgan fingerprint density at radius 1 is 1.20 bits per heavy atom. The molecule has 2 amide bonds. The predicted octanol–water partition coefficient (Wildman–Crippen LogP) is 2.31. The fraction of sp³-hybridized carbons (Fsp3) is 0.545. The zero-order valence-electron chi connectivity index (χ0n) is 18.0. The van der Waals surface area contributed by atoms with Crippen LogP contribution in [0.4, 0.5) is 5.69 Å². The van der Waals surface area contributed by atoms with Crippen molar-refractivity contribution in [1.29, 1.82) is 0 Å². The molecule has 0 saturated carbocycles.